The van der Waals surface area contributed by atoms with Crippen LogP contribution >= 0.6 is 0 Å². The van der Waals surface area contributed by atoms with Crippen molar-refractivity contribution in [3.8, 4) is 23.0 Å². The van der Waals surface area contributed by atoms with Crippen LogP contribution in [0.2, 0.25) is 0 Å². The minimum atomic E-state index is -0.128. The van der Waals surface area contributed by atoms with E-state index in [9.17, 15) is 4.79 Å². The van der Waals surface area contributed by atoms with Crippen LogP contribution < -0.4 is 24.3 Å². The normalized spacial score (nSPS) is 10.3. The highest BCUT2D eigenvalue weighted by Gasteiger charge is 2.13. The predicted molar refractivity (Wildman–Crippen MR) is 105 cm³/mol. The molecular weight excluding hydrogens is 346 g/mol. The van der Waals surface area contributed by atoms with Crippen molar-refractivity contribution in [2.24, 2.45) is 0 Å². The number of amides is 1. The number of methoxy groups -OCH3 is 2. The fraction of sp³-hybridized carbons (Fsp3) is 0.381. The lowest BCUT2D eigenvalue weighted by molar-refractivity contribution is -0.115. The summed E-state index contributed by atoms with van der Waals surface area (Å²) in [6.07, 6.45) is 0.226. The number of carbonyl (C=O) groups excluding carboxylic acids is 1. The fourth-order valence-electron chi connectivity index (χ4n) is 2.72. The van der Waals surface area contributed by atoms with Crippen LogP contribution in [0.4, 0.5) is 5.69 Å². The van der Waals surface area contributed by atoms with Crippen molar-refractivity contribution in [2.45, 2.75) is 27.2 Å². The Bertz CT molecular complexity index is 788. The molecule has 27 heavy (non-hydrogen) atoms. The van der Waals surface area contributed by atoms with Gasteiger partial charge >= 0.3 is 0 Å². The van der Waals surface area contributed by atoms with Gasteiger partial charge in [-0.05, 0) is 56.2 Å². The second-order valence-corrected chi connectivity index (χ2v) is 5.89. The van der Waals surface area contributed by atoms with Gasteiger partial charge in [0, 0.05) is 11.8 Å². The van der Waals surface area contributed by atoms with E-state index in [0.717, 1.165) is 11.1 Å². The molecule has 0 heterocycles. The average molecular weight is 373 g/mol. The fourth-order valence-corrected chi connectivity index (χ4v) is 2.72. The number of ether oxygens (including phenoxy) is 4. The molecule has 2 aromatic carbocycles. The Balaban J connectivity index is 2.15. The van der Waals surface area contributed by atoms with E-state index in [1.807, 2.05) is 32.9 Å². The summed E-state index contributed by atoms with van der Waals surface area (Å²) in [6.45, 7) is 6.82. The van der Waals surface area contributed by atoms with Gasteiger partial charge < -0.3 is 24.3 Å². The molecule has 146 valence electrons. The maximum absolute atomic E-state index is 12.5. The Morgan fingerprint density at radius 3 is 2.15 bits per heavy atom. The summed E-state index contributed by atoms with van der Waals surface area (Å²) < 4.78 is 21.8. The van der Waals surface area contributed by atoms with Gasteiger partial charge in [0.15, 0.2) is 23.0 Å². The number of aryl methyl sites for hydroxylation is 1. The standard InChI is InChI=1S/C21H27NO5/c1-6-26-17-9-8-16(13-20(17)27-7-2)22-21(23)12-15-11-19(25-5)18(24-4)10-14(15)3/h8-11,13H,6-7,12H2,1-5H3,(H,22,23). The van der Waals surface area contributed by atoms with Crippen LogP contribution in [0.25, 0.3) is 0 Å². The predicted octanol–water partition coefficient (Wildman–Crippen LogP) is 3.99. The number of benzene rings is 2. The quantitative estimate of drug-likeness (QED) is 0.720. The second-order valence-electron chi connectivity index (χ2n) is 5.89. The lowest BCUT2D eigenvalue weighted by atomic mass is 10.0. The molecule has 0 saturated heterocycles. The molecule has 0 unspecified atom stereocenters. The first kappa shape index (κ1) is 20.4. The van der Waals surface area contributed by atoms with Gasteiger partial charge in [-0.25, -0.2) is 0 Å². The molecule has 6 nitrogen and oxygen atoms in total. The summed E-state index contributed by atoms with van der Waals surface area (Å²) in [4.78, 5) is 12.5. The van der Waals surface area contributed by atoms with Crippen LogP contribution in [0, 0.1) is 6.92 Å². The van der Waals surface area contributed by atoms with Gasteiger partial charge in [0.2, 0.25) is 5.91 Å². The van der Waals surface area contributed by atoms with Gasteiger partial charge in [-0.15, -0.1) is 0 Å². The van der Waals surface area contributed by atoms with Gasteiger partial charge in [0.25, 0.3) is 0 Å². The third-order valence-corrected chi connectivity index (χ3v) is 4.02. The van der Waals surface area contributed by atoms with Crippen molar-refractivity contribution >= 4 is 11.6 Å². The molecule has 1 amide bonds. The Morgan fingerprint density at radius 1 is 0.889 bits per heavy atom. The minimum Gasteiger partial charge on any atom is -0.493 e. The smallest absolute Gasteiger partial charge is 0.228 e. The molecule has 0 fully saturated rings. The molecule has 1 N–H and O–H groups in total. The van der Waals surface area contributed by atoms with E-state index in [2.05, 4.69) is 5.32 Å². The first-order chi connectivity index (χ1) is 13.0. The highest BCUT2D eigenvalue weighted by atomic mass is 16.5. The highest BCUT2D eigenvalue weighted by molar-refractivity contribution is 5.92. The van der Waals surface area contributed by atoms with E-state index in [-0.39, 0.29) is 12.3 Å². The van der Waals surface area contributed by atoms with Gasteiger partial charge in [0.1, 0.15) is 0 Å². The zero-order chi connectivity index (χ0) is 19.8. The molecule has 0 spiro atoms. The van der Waals surface area contributed by atoms with Gasteiger partial charge in [0.05, 0.1) is 33.9 Å². The first-order valence-electron chi connectivity index (χ1n) is 8.93. The van der Waals surface area contributed by atoms with E-state index in [1.165, 1.54) is 0 Å². The SMILES string of the molecule is CCOc1ccc(NC(=O)Cc2cc(OC)c(OC)cc2C)cc1OCC. The molecule has 0 aromatic heterocycles. The maximum atomic E-state index is 12.5. The van der Waals surface area contributed by atoms with E-state index >= 15 is 0 Å². The molecule has 0 aliphatic heterocycles. The van der Waals surface area contributed by atoms with Crippen LogP contribution in [0.5, 0.6) is 23.0 Å². The van der Waals surface area contributed by atoms with Crippen LogP contribution in [0.1, 0.15) is 25.0 Å². The topological polar surface area (TPSA) is 66.0 Å². The molecule has 0 aliphatic carbocycles. The molecule has 2 rings (SSSR count). The summed E-state index contributed by atoms with van der Waals surface area (Å²) in [5, 5.41) is 2.91. The van der Waals surface area contributed by atoms with Crippen LogP contribution in [-0.4, -0.2) is 33.3 Å². The average Bonchev–Trinajstić information content (AvgIpc) is 2.65. The minimum absolute atomic E-state index is 0.128. The van der Waals surface area contributed by atoms with E-state index in [0.29, 0.717) is 41.9 Å². The number of anilines is 1. The first-order valence-corrected chi connectivity index (χ1v) is 8.93. The summed E-state index contributed by atoms with van der Waals surface area (Å²) in [7, 11) is 3.16. The Hall–Kier alpha value is -2.89. The Morgan fingerprint density at radius 2 is 1.52 bits per heavy atom. The van der Waals surface area contributed by atoms with Gasteiger partial charge in [-0.1, -0.05) is 0 Å². The second kappa shape index (κ2) is 9.71. The zero-order valence-electron chi connectivity index (χ0n) is 16.5. The molecule has 2 aromatic rings. The molecule has 0 radical (unpaired) electrons. The third kappa shape index (κ3) is 5.29. The van der Waals surface area contributed by atoms with Crippen LogP contribution in [0.15, 0.2) is 30.3 Å². The Kier molecular flexibility index (Phi) is 7.34. The van der Waals surface area contributed by atoms with E-state index in [1.54, 1.807) is 32.4 Å². The van der Waals surface area contributed by atoms with E-state index < -0.39 is 0 Å². The monoisotopic (exact) mass is 373 g/mol. The van der Waals surface area contributed by atoms with Crippen molar-refractivity contribution in [1.82, 2.24) is 0 Å². The van der Waals surface area contributed by atoms with Gasteiger partial charge in [-0.3, -0.25) is 4.79 Å². The molecule has 0 atom stereocenters. The van der Waals surface area contributed by atoms with Crippen molar-refractivity contribution in [2.75, 3.05) is 32.8 Å². The number of rotatable bonds is 9. The van der Waals surface area contributed by atoms with Crippen LogP contribution in [-0.2, 0) is 11.2 Å². The number of nitrogens with one attached hydrogen (secondary N) is 1. The lowest BCUT2D eigenvalue weighted by Gasteiger charge is -2.14. The largest absolute Gasteiger partial charge is 0.493 e. The molecule has 0 saturated carbocycles. The van der Waals surface area contributed by atoms with Crippen molar-refractivity contribution < 1.29 is 23.7 Å². The zero-order valence-corrected chi connectivity index (χ0v) is 16.5. The van der Waals surface area contributed by atoms with E-state index in [4.69, 9.17) is 18.9 Å². The Labute approximate surface area is 160 Å². The van der Waals surface area contributed by atoms with Crippen LogP contribution in [0.3, 0.4) is 0 Å². The number of hydrogen-bond donors (Lipinski definition) is 1. The molecule has 0 bridgehead atoms. The van der Waals surface area contributed by atoms with Crippen molar-refractivity contribution in [3.63, 3.8) is 0 Å². The van der Waals surface area contributed by atoms with Crippen molar-refractivity contribution in [3.05, 3.63) is 41.5 Å². The summed E-state index contributed by atoms with van der Waals surface area (Å²) >= 11 is 0. The maximum Gasteiger partial charge on any atom is 0.228 e. The lowest BCUT2D eigenvalue weighted by Crippen LogP contribution is -2.15. The molecule has 6 heteroatoms. The van der Waals surface area contributed by atoms with Gasteiger partial charge in [-0.2, -0.15) is 0 Å². The molecule has 0 aliphatic rings. The third-order valence-electron chi connectivity index (χ3n) is 4.02. The van der Waals surface area contributed by atoms with Crippen molar-refractivity contribution in [1.29, 1.82) is 0 Å². The number of hydrogen-bond acceptors (Lipinski definition) is 5. The highest BCUT2D eigenvalue weighted by Crippen LogP contribution is 2.32. The summed E-state index contributed by atoms with van der Waals surface area (Å²) in [5.74, 6) is 2.39. The molecular formula is C21H27NO5. The number of carbonyl (C=O) groups is 1. The summed E-state index contributed by atoms with van der Waals surface area (Å²) in [6, 6.07) is 9.07. The summed E-state index contributed by atoms with van der Waals surface area (Å²) in [5.41, 5.74) is 2.50.